The average molecular weight is 254 g/mol. The molecule has 0 amide bonds. The van der Waals surface area contributed by atoms with Crippen molar-refractivity contribution in [3.8, 4) is 6.07 Å². The van der Waals surface area contributed by atoms with Crippen molar-refractivity contribution in [3.05, 3.63) is 36.0 Å². The number of nitriles is 1. The van der Waals surface area contributed by atoms with Crippen LogP contribution in [-0.2, 0) is 6.54 Å². The Morgan fingerprint density at radius 2 is 2.21 bits per heavy atom. The normalized spacial score (nSPS) is 16.2. The minimum absolute atomic E-state index is 0.0618. The van der Waals surface area contributed by atoms with Crippen LogP contribution in [0.25, 0.3) is 10.9 Å². The van der Waals surface area contributed by atoms with Gasteiger partial charge in [0.15, 0.2) is 0 Å². The summed E-state index contributed by atoms with van der Waals surface area (Å²) >= 11 is 0. The van der Waals surface area contributed by atoms with Crippen molar-refractivity contribution in [1.82, 2.24) is 4.57 Å². The molecule has 19 heavy (non-hydrogen) atoms. The Hall–Kier alpha value is -2.28. The predicted molar refractivity (Wildman–Crippen MR) is 70.8 cm³/mol. The second-order valence-corrected chi connectivity index (χ2v) is 5.33. The summed E-state index contributed by atoms with van der Waals surface area (Å²) in [6.07, 6.45) is 4.57. The molecule has 0 atom stereocenters. The Kier molecular flexibility index (Phi) is 2.56. The van der Waals surface area contributed by atoms with E-state index in [0.29, 0.717) is 12.0 Å². The third kappa shape index (κ3) is 1.97. The zero-order valence-electron chi connectivity index (χ0n) is 10.5. The quantitative estimate of drug-likeness (QED) is 0.911. The Labute approximate surface area is 110 Å². The van der Waals surface area contributed by atoms with Gasteiger partial charge in [0, 0.05) is 30.0 Å². The smallest absolute Gasteiger partial charge is 0.337 e. The first-order valence-corrected chi connectivity index (χ1v) is 6.33. The number of nitrogens with zero attached hydrogens (tertiary/aromatic N) is 2. The van der Waals surface area contributed by atoms with Gasteiger partial charge in [0.2, 0.25) is 0 Å². The lowest BCUT2D eigenvalue weighted by Crippen LogP contribution is -2.12. The fraction of sp³-hybridized carbons (Fsp3) is 0.333. The molecular weight excluding hydrogens is 240 g/mol. The van der Waals surface area contributed by atoms with E-state index in [1.807, 2.05) is 22.9 Å². The molecule has 1 aromatic heterocycles. The summed E-state index contributed by atoms with van der Waals surface area (Å²) < 4.78 is 1.99. The van der Waals surface area contributed by atoms with Gasteiger partial charge in [-0.1, -0.05) is 12.1 Å². The number of para-hydroxylation sites is 1. The fourth-order valence-corrected chi connectivity index (χ4v) is 2.66. The number of benzene rings is 1. The largest absolute Gasteiger partial charge is 0.478 e. The van der Waals surface area contributed by atoms with E-state index < -0.39 is 5.97 Å². The number of fused-ring (bicyclic) bond motifs is 1. The van der Waals surface area contributed by atoms with Gasteiger partial charge in [-0.2, -0.15) is 5.26 Å². The standard InChI is InChI=1S/C15H14N2O2/c16-8-7-15(5-6-15)10-17-9-4-11-2-1-3-12(13(11)17)14(18)19/h1-4,9H,5-7,10H2,(H,18,19). The topological polar surface area (TPSA) is 66.0 Å². The molecule has 1 saturated carbocycles. The van der Waals surface area contributed by atoms with Crippen molar-refractivity contribution in [2.45, 2.75) is 25.8 Å². The monoisotopic (exact) mass is 254 g/mol. The number of aromatic carboxylic acids is 1. The highest BCUT2D eigenvalue weighted by molar-refractivity contribution is 6.02. The van der Waals surface area contributed by atoms with Gasteiger partial charge in [0.1, 0.15) is 0 Å². The summed E-state index contributed by atoms with van der Waals surface area (Å²) in [6, 6.07) is 9.48. The first kappa shape index (κ1) is 11.8. The van der Waals surface area contributed by atoms with Gasteiger partial charge >= 0.3 is 5.97 Å². The molecule has 96 valence electrons. The number of carboxylic acids is 1. The van der Waals surface area contributed by atoms with E-state index >= 15 is 0 Å². The van der Waals surface area contributed by atoms with Crippen molar-refractivity contribution in [2.75, 3.05) is 0 Å². The summed E-state index contributed by atoms with van der Waals surface area (Å²) in [5, 5.41) is 19.1. The van der Waals surface area contributed by atoms with Crippen LogP contribution in [0, 0.1) is 16.7 Å². The minimum Gasteiger partial charge on any atom is -0.478 e. The van der Waals surface area contributed by atoms with Crippen molar-refractivity contribution in [2.24, 2.45) is 5.41 Å². The molecule has 2 aromatic rings. The first-order chi connectivity index (χ1) is 9.15. The van der Waals surface area contributed by atoms with E-state index in [1.165, 1.54) is 0 Å². The minimum atomic E-state index is -0.907. The highest BCUT2D eigenvalue weighted by Crippen LogP contribution is 2.50. The number of carbonyl (C=O) groups is 1. The molecule has 1 aliphatic carbocycles. The lowest BCUT2D eigenvalue weighted by molar-refractivity contribution is 0.0698. The SMILES string of the molecule is N#CCC1(Cn2ccc3cccc(C(=O)O)c32)CC1. The Morgan fingerprint density at radius 3 is 2.84 bits per heavy atom. The maximum absolute atomic E-state index is 11.3. The van der Waals surface area contributed by atoms with Crippen LogP contribution in [0.2, 0.25) is 0 Å². The van der Waals surface area contributed by atoms with Gasteiger partial charge in [-0.25, -0.2) is 4.79 Å². The van der Waals surface area contributed by atoms with E-state index in [-0.39, 0.29) is 5.41 Å². The number of hydrogen-bond acceptors (Lipinski definition) is 2. The van der Waals surface area contributed by atoms with Crippen LogP contribution in [-0.4, -0.2) is 15.6 Å². The molecule has 4 heteroatoms. The third-order valence-corrected chi connectivity index (χ3v) is 3.94. The number of aromatic nitrogens is 1. The van der Waals surface area contributed by atoms with Crippen LogP contribution < -0.4 is 0 Å². The maximum atomic E-state index is 11.3. The predicted octanol–water partition coefficient (Wildman–Crippen LogP) is 3.03. The van der Waals surface area contributed by atoms with Gasteiger partial charge in [0.05, 0.1) is 17.1 Å². The average Bonchev–Trinajstić information content (AvgIpc) is 3.02. The van der Waals surface area contributed by atoms with Gasteiger partial charge in [0.25, 0.3) is 0 Å². The van der Waals surface area contributed by atoms with Crippen molar-refractivity contribution in [1.29, 1.82) is 5.26 Å². The van der Waals surface area contributed by atoms with Crippen LogP contribution in [0.15, 0.2) is 30.5 Å². The third-order valence-electron chi connectivity index (χ3n) is 3.94. The van der Waals surface area contributed by atoms with Crippen LogP contribution in [0.5, 0.6) is 0 Å². The molecule has 0 bridgehead atoms. The molecule has 1 aromatic carbocycles. The van der Waals surface area contributed by atoms with Gasteiger partial charge in [-0.05, 0) is 25.0 Å². The molecule has 1 heterocycles. The molecule has 1 fully saturated rings. The van der Waals surface area contributed by atoms with Gasteiger partial charge in [-0.15, -0.1) is 0 Å². The zero-order chi connectivity index (χ0) is 13.5. The van der Waals surface area contributed by atoms with Gasteiger partial charge < -0.3 is 9.67 Å². The van der Waals surface area contributed by atoms with E-state index in [9.17, 15) is 9.90 Å². The van der Waals surface area contributed by atoms with Crippen LogP contribution in [0.4, 0.5) is 0 Å². The fourth-order valence-electron chi connectivity index (χ4n) is 2.66. The zero-order valence-corrected chi connectivity index (χ0v) is 10.5. The molecule has 1 N–H and O–H groups in total. The molecular formula is C15H14N2O2. The molecule has 4 nitrogen and oxygen atoms in total. The number of hydrogen-bond donors (Lipinski definition) is 1. The highest BCUT2D eigenvalue weighted by Gasteiger charge is 2.42. The number of carboxylic acid groups (broad SMARTS) is 1. The first-order valence-electron chi connectivity index (χ1n) is 6.33. The molecule has 0 spiro atoms. The molecule has 3 rings (SSSR count). The van der Waals surface area contributed by atoms with Crippen molar-refractivity contribution >= 4 is 16.9 Å². The van der Waals surface area contributed by atoms with E-state index in [4.69, 9.17) is 5.26 Å². The van der Waals surface area contributed by atoms with Crippen molar-refractivity contribution < 1.29 is 9.90 Å². The second-order valence-electron chi connectivity index (χ2n) is 5.33. The second kappa shape index (κ2) is 4.13. The Balaban J connectivity index is 2.05. The molecule has 1 aliphatic rings. The summed E-state index contributed by atoms with van der Waals surface area (Å²) in [5.74, 6) is -0.907. The Morgan fingerprint density at radius 1 is 1.42 bits per heavy atom. The van der Waals surface area contributed by atoms with E-state index in [2.05, 4.69) is 6.07 Å². The maximum Gasteiger partial charge on any atom is 0.337 e. The summed E-state index contributed by atoms with van der Waals surface area (Å²) in [4.78, 5) is 11.3. The van der Waals surface area contributed by atoms with Crippen LogP contribution in [0.1, 0.15) is 29.6 Å². The van der Waals surface area contributed by atoms with Crippen LogP contribution >= 0.6 is 0 Å². The van der Waals surface area contributed by atoms with E-state index in [0.717, 1.165) is 30.3 Å². The summed E-state index contributed by atoms with van der Waals surface area (Å²) in [5.41, 5.74) is 1.15. The van der Waals surface area contributed by atoms with Crippen molar-refractivity contribution in [3.63, 3.8) is 0 Å². The number of rotatable bonds is 4. The summed E-state index contributed by atoms with van der Waals surface area (Å²) in [7, 11) is 0. The van der Waals surface area contributed by atoms with Crippen LogP contribution in [0.3, 0.4) is 0 Å². The lowest BCUT2D eigenvalue weighted by atomic mass is 10.0. The molecule has 0 aliphatic heterocycles. The highest BCUT2D eigenvalue weighted by atomic mass is 16.4. The van der Waals surface area contributed by atoms with E-state index in [1.54, 1.807) is 12.1 Å². The molecule has 0 unspecified atom stereocenters. The molecule has 0 radical (unpaired) electrons. The van der Waals surface area contributed by atoms with Gasteiger partial charge in [-0.3, -0.25) is 0 Å². The molecule has 0 saturated heterocycles. The Bertz CT molecular complexity index is 690. The summed E-state index contributed by atoms with van der Waals surface area (Å²) in [6.45, 7) is 0.731. The lowest BCUT2D eigenvalue weighted by Gasteiger charge is -2.14.